The third-order valence-electron chi connectivity index (χ3n) is 4.65. The maximum Gasteiger partial charge on any atom is 0.0547 e. The van der Waals surface area contributed by atoms with E-state index in [0.717, 1.165) is 38.8 Å². The van der Waals surface area contributed by atoms with Crippen molar-refractivity contribution in [3.05, 3.63) is 0 Å². The Balaban J connectivity index is 1.87. The van der Waals surface area contributed by atoms with Gasteiger partial charge in [-0.25, -0.2) is 0 Å². The first-order valence-corrected chi connectivity index (χ1v) is 7.24. The number of hydrogen-bond donors (Lipinski definition) is 1. The van der Waals surface area contributed by atoms with E-state index in [-0.39, 0.29) is 5.41 Å². The minimum atomic E-state index is 0.237. The van der Waals surface area contributed by atoms with Gasteiger partial charge in [0.25, 0.3) is 0 Å². The minimum absolute atomic E-state index is 0.237. The molecule has 17 heavy (non-hydrogen) atoms. The van der Waals surface area contributed by atoms with E-state index in [1.165, 1.54) is 38.5 Å². The van der Waals surface area contributed by atoms with E-state index in [1.54, 1.807) is 0 Å². The molecule has 2 N–H and O–H groups in total. The number of hydrogen-bond acceptors (Lipinski definition) is 3. The molecule has 1 saturated carbocycles. The molecule has 1 saturated heterocycles. The Kier molecular flexibility index (Phi) is 4.83. The van der Waals surface area contributed by atoms with E-state index in [2.05, 4.69) is 11.9 Å². The van der Waals surface area contributed by atoms with Crippen molar-refractivity contribution in [2.24, 2.45) is 11.1 Å². The van der Waals surface area contributed by atoms with Gasteiger partial charge >= 0.3 is 0 Å². The highest BCUT2D eigenvalue weighted by Gasteiger charge is 2.35. The molecule has 0 radical (unpaired) electrons. The fourth-order valence-corrected chi connectivity index (χ4v) is 3.36. The van der Waals surface area contributed by atoms with Crippen molar-refractivity contribution in [3.63, 3.8) is 0 Å². The molecular weight excluding hydrogens is 212 g/mol. The number of rotatable bonds is 4. The van der Waals surface area contributed by atoms with Crippen molar-refractivity contribution in [1.29, 1.82) is 0 Å². The Bertz CT molecular complexity index is 218. The van der Waals surface area contributed by atoms with Gasteiger partial charge in [-0.05, 0) is 26.3 Å². The molecule has 0 aromatic rings. The van der Waals surface area contributed by atoms with E-state index in [1.807, 2.05) is 0 Å². The second-order valence-corrected chi connectivity index (χ2v) is 6.07. The number of nitrogens with two attached hydrogens (primary N) is 1. The lowest BCUT2D eigenvalue weighted by Gasteiger charge is -2.35. The van der Waals surface area contributed by atoms with Crippen LogP contribution in [0, 0.1) is 5.41 Å². The van der Waals surface area contributed by atoms with Gasteiger partial charge in [-0.3, -0.25) is 0 Å². The molecule has 100 valence electrons. The van der Waals surface area contributed by atoms with Crippen LogP contribution in [0.1, 0.15) is 44.9 Å². The second-order valence-electron chi connectivity index (χ2n) is 6.07. The summed E-state index contributed by atoms with van der Waals surface area (Å²) in [5.74, 6) is 0. The zero-order valence-corrected chi connectivity index (χ0v) is 11.3. The van der Waals surface area contributed by atoms with Gasteiger partial charge < -0.3 is 15.4 Å². The van der Waals surface area contributed by atoms with Crippen LogP contribution in [0.25, 0.3) is 0 Å². The third-order valence-corrected chi connectivity index (χ3v) is 4.65. The fraction of sp³-hybridized carbons (Fsp3) is 1.00. The van der Waals surface area contributed by atoms with Crippen molar-refractivity contribution >= 4 is 0 Å². The Labute approximate surface area is 106 Å². The molecule has 2 fully saturated rings. The Morgan fingerprint density at radius 1 is 1.24 bits per heavy atom. The predicted octanol–water partition coefficient (Wildman–Crippen LogP) is 2.01. The van der Waals surface area contributed by atoms with Gasteiger partial charge in [0.1, 0.15) is 0 Å². The molecule has 1 aliphatic carbocycles. The SMILES string of the molecule is CN(CC1(CN)CCOC1)C1CCCCCC1. The van der Waals surface area contributed by atoms with Gasteiger partial charge in [0.2, 0.25) is 0 Å². The number of ether oxygens (including phenoxy) is 1. The highest BCUT2D eigenvalue weighted by Crippen LogP contribution is 2.30. The Hall–Kier alpha value is -0.120. The first kappa shape index (κ1) is 13.3. The molecule has 1 atom stereocenters. The summed E-state index contributed by atoms with van der Waals surface area (Å²) < 4.78 is 5.56. The van der Waals surface area contributed by atoms with Crippen LogP contribution in [0.5, 0.6) is 0 Å². The third kappa shape index (κ3) is 3.43. The van der Waals surface area contributed by atoms with E-state index >= 15 is 0 Å². The maximum atomic E-state index is 5.97. The van der Waals surface area contributed by atoms with Crippen molar-refractivity contribution in [3.8, 4) is 0 Å². The minimum Gasteiger partial charge on any atom is -0.381 e. The average Bonchev–Trinajstić information content (AvgIpc) is 2.64. The summed E-state index contributed by atoms with van der Waals surface area (Å²) >= 11 is 0. The molecule has 2 aliphatic rings. The molecule has 1 aliphatic heterocycles. The van der Waals surface area contributed by atoms with Crippen LogP contribution in [0.15, 0.2) is 0 Å². The highest BCUT2D eigenvalue weighted by atomic mass is 16.5. The van der Waals surface area contributed by atoms with Gasteiger partial charge in [0.15, 0.2) is 0 Å². The first-order chi connectivity index (χ1) is 8.26. The Morgan fingerprint density at radius 2 is 1.94 bits per heavy atom. The summed E-state index contributed by atoms with van der Waals surface area (Å²) in [5.41, 5.74) is 6.21. The van der Waals surface area contributed by atoms with Crippen LogP contribution in [0.2, 0.25) is 0 Å². The lowest BCUT2D eigenvalue weighted by atomic mass is 9.86. The molecule has 3 heteroatoms. The summed E-state index contributed by atoms with van der Waals surface area (Å²) in [5, 5.41) is 0. The van der Waals surface area contributed by atoms with Crippen LogP contribution in [-0.2, 0) is 4.74 Å². The van der Waals surface area contributed by atoms with E-state index in [9.17, 15) is 0 Å². The summed E-state index contributed by atoms with van der Waals surface area (Å²) in [6.07, 6.45) is 9.55. The first-order valence-electron chi connectivity index (χ1n) is 7.24. The van der Waals surface area contributed by atoms with Gasteiger partial charge in [0, 0.05) is 31.2 Å². The van der Waals surface area contributed by atoms with Crippen molar-refractivity contribution in [1.82, 2.24) is 4.90 Å². The van der Waals surface area contributed by atoms with E-state index in [0.29, 0.717) is 0 Å². The van der Waals surface area contributed by atoms with Gasteiger partial charge in [0.05, 0.1) is 6.61 Å². The van der Waals surface area contributed by atoms with Gasteiger partial charge in [-0.15, -0.1) is 0 Å². The van der Waals surface area contributed by atoms with Crippen LogP contribution in [-0.4, -0.2) is 44.3 Å². The molecular formula is C14H28N2O. The monoisotopic (exact) mass is 240 g/mol. The van der Waals surface area contributed by atoms with E-state index in [4.69, 9.17) is 10.5 Å². The van der Waals surface area contributed by atoms with E-state index < -0.39 is 0 Å². The molecule has 0 amide bonds. The maximum absolute atomic E-state index is 5.97. The van der Waals surface area contributed by atoms with Crippen LogP contribution in [0.4, 0.5) is 0 Å². The number of nitrogens with zero attached hydrogens (tertiary/aromatic N) is 1. The zero-order valence-electron chi connectivity index (χ0n) is 11.3. The van der Waals surface area contributed by atoms with Crippen LogP contribution >= 0.6 is 0 Å². The predicted molar refractivity (Wildman–Crippen MR) is 71.0 cm³/mol. The highest BCUT2D eigenvalue weighted by molar-refractivity contribution is 4.88. The molecule has 1 unspecified atom stereocenters. The largest absolute Gasteiger partial charge is 0.381 e. The second kappa shape index (κ2) is 6.17. The van der Waals surface area contributed by atoms with Crippen LogP contribution in [0.3, 0.4) is 0 Å². The normalized spacial score (nSPS) is 31.9. The smallest absolute Gasteiger partial charge is 0.0547 e. The summed E-state index contributed by atoms with van der Waals surface area (Å²) in [4.78, 5) is 2.56. The topological polar surface area (TPSA) is 38.5 Å². The Morgan fingerprint density at radius 3 is 2.47 bits per heavy atom. The molecule has 0 aromatic heterocycles. The van der Waals surface area contributed by atoms with Gasteiger partial charge in [-0.1, -0.05) is 25.7 Å². The standard InChI is InChI=1S/C14H28N2O/c1-16(13-6-4-2-3-5-7-13)11-14(10-15)8-9-17-12-14/h13H,2-12,15H2,1H3. The lowest BCUT2D eigenvalue weighted by Crippen LogP contribution is -2.45. The summed E-state index contributed by atoms with van der Waals surface area (Å²) in [6, 6.07) is 0.779. The van der Waals surface area contributed by atoms with Crippen molar-refractivity contribution in [2.45, 2.75) is 51.0 Å². The van der Waals surface area contributed by atoms with Gasteiger partial charge in [-0.2, -0.15) is 0 Å². The molecule has 0 aromatic carbocycles. The van der Waals surface area contributed by atoms with Crippen LogP contribution < -0.4 is 5.73 Å². The summed E-state index contributed by atoms with van der Waals surface area (Å²) in [7, 11) is 2.28. The molecule has 0 spiro atoms. The summed E-state index contributed by atoms with van der Waals surface area (Å²) in [6.45, 7) is 3.65. The molecule has 3 nitrogen and oxygen atoms in total. The molecule has 1 heterocycles. The average molecular weight is 240 g/mol. The molecule has 2 rings (SSSR count). The quantitative estimate of drug-likeness (QED) is 0.764. The van der Waals surface area contributed by atoms with Crippen molar-refractivity contribution < 1.29 is 4.74 Å². The fourth-order valence-electron chi connectivity index (χ4n) is 3.36. The van der Waals surface area contributed by atoms with Crippen molar-refractivity contribution in [2.75, 3.05) is 33.4 Å². The lowest BCUT2D eigenvalue weighted by molar-refractivity contribution is 0.102. The molecule has 0 bridgehead atoms. The zero-order chi connectivity index (χ0) is 12.1.